The van der Waals surface area contributed by atoms with E-state index in [2.05, 4.69) is 9.97 Å². The van der Waals surface area contributed by atoms with E-state index in [9.17, 15) is 18.0 Å². The summed E-state index contributed by atoms with van der Waals surface area (Å²) in [6.07, 6.45) is -0.0528. The number of amides is 1. The number of hydrogen-bond acceptors (Lipinski definition) is 4. The molecule has 0 radical (unpaired) electrons. The van der Waals surface area contributed by atoms with E-state index in [-0.39, 0.29) is 12.1 Å². The summed E-state index contributed by atoms with van der Waals surface area (Å²) in [4.78, 5) is 21.8. The third-order valence-electron chi connectivity index (χ3n) is 4.13. The van der Waals surface area contributed by atoms with Gasteiger partial charge < -0.3 is 9.64 Å². The topological polar surface area (TPSA) is 55.3 Å². The summed E-state index contributed by atoms with van der Waals surface area (Å²) < 4.78 is 43.1. The van der Waals surface area contributed by atoms with E-state index in [1.807, 2.05) is 27.7 Å². The van der Waals surface area contributed by atoms with Gasteiger partial charge in [-0.2, -0.15) is 13.2 Å². The van der Waals surface area contributed by atoms with Crippen molar-refractivity contribution in [2.75, 3.05) is 6.54 Å². The minimum atomic E-state index is -4.44. The lowest BCUT2D eigenvalue weighted by molar-refractivity contribution is -0.138. The summed E-state index contributed by atoms with van der Waals surface area (Å²) in [5.74, 6) is 0.840. The van der Waals surface area contributed by atoms with Gasteiger partial charge in [-0.25, -0.2) is 14.8 Å². The molecule has 1 aliphatic carbocycles. The van der Waals surface area contributed by atoms with E-state index in [1.165, 1.54) is 0 Å². The molecule has 5 nitrogen and oxygen atoms in total. The Morgan fingerprint density at radius 3 is 2.31 bits per heavy atom. The number of nitrogens with zero attached hydrogens (tertiary/aromatic N) is 3. The minimum Gasteiger partial charge on any atom is -0.444 e. The molecule has 1 fully saturated rings. The van der Waals surface area contributed by atoms with Crippen LogP contribution >= 0.6 is 0 Å². The number of hydrogen-bond donors (Lipinski definition) is 0. The first-order valence-electron chi connectivity index (χ1n) is 8.83. The van der Waals surface area contributed by atoms with Gasteiger partial charge in [0.2, 0.25) is 0 Å². The first-order chi connectivity index (χ1) is 12.0. The van der Waals surface area contributed by atoms with E-state index in [0.29, 0.717) is 31.1 Å². The van der Waals surface area contributed by atoms with Crippen molar-refractivity contribution in [2.45, 2.75) is 71.2 Å². The van der Waals surface area contributed by atoms with E-state index < -0.39 is 17.3 Å². The molecule has 0 bridgehead atoms. The molecule has 26 heavy (non-hydrogen) atoms. The zero-order chi connectivity index (χ0) is 19.5. The Hall–Kier alpha value is -1.86. The summed E-state index contributed by atoms with van der Waals surface area (Å²) in [7, 11) is 0. The monoisotopic (exact) mass is 373 g/mol. The predicted octanol–water partition coefficient (Wildman–Crippen LogP) is 4.46. The normalized spacial score (nSPS) is 16.3. The Labute approximate surface area is 152 Å². The lowest BCUT2D eigenvalue weighted by Gasteiger charge is -2.32. The highest BCUT2D eigenvalue weighted by molar-refractivity contribution is 5.68. The molecule has 1 aromatic rings. The molecule has 1 aliphatic rings. The molecule has 1 aromatic heterocycles. The van der Waals surface area contributed by atoms with Crippen molar-refractivity contribution in [1.82, 2.24) is 14.9 Å². The summed E-state index contributed by atoms with van der Waals surface area (Å²) in [6.45, 7) is 8.02. The van der Waals surface area contributed by atoms with Crippen molar-refractivity contribution >= 4 is 6.09 Å². The highest BCUT2D eigenvalue weighted by Crippen LogP contribution is 2.31. The van der Waals surface area contributed by atoms with Crippen LogP contribution in [0.5, 0.6) is 0 Å². The molecule has 0 aliphatic heterocycles. The molecular formula is C18H26F3N3O2. The van der Waals surface area contributed by atoms with Crippen LogP contribution in [-0.2, 0) is 17.3 Å². The highest BCUT2D eigenvalue weighted by Gasteiger charge is 2.33. The van der Waals surface area contributed by atoms with Crippen LogP contribution in [0.15, 0.2) is 12.4 Å². The van der Waals surface area contributed by atoms with E-state index >= 15 is 0 Å². The maximum absolute atomic E-state index is 12.6. The van der Waals surface area contributed by atoms with Gasteiger partial charge in [0.25, 0.3) is 0 Å². The number of alkyl halides is 3. The van der Waals surface area contributed by atoms with E-state index in [0.717, 1.165) is 25.2 Å². The Bertz CT molecular complexity index is 608. The Morgan fingerprint density at radius 2 is 1.85 bits per heavy atom. The maximum atomic E-state index is 12.6. The second-order valence-electron chi connectivity index (χ2n) is 7.85. The van der Waals surface area contributed by atoms with Gasteiger partial charge in [-0.3, -0.25) is 0 Å². The zero-order valence-corrected chi connectivity index (χ0v) is 15.6. The van der Waals surface area contributed by atoms with Crippen molar-refractivity contribution in [1.29, 1.82) is 0 Å². The van der Waals surface area contributed by atoms with Crippen LogP contribution in [0.3, 0.4) is 0 Å². The van der Waals surface area contributed by atoms with Crippen LogP contribution in [-0.4, -0.2) is 39.1 Å². The number of ether oxygens (including phenoxy) is 1. The molecule has 1 amide bonds. The fourth-order valence-corrected chi connectivity index (χ4v) is 2.46. The summed E-state index contributed by atoms with van der Waals surface area (Å²) in [5.41, 5.74) is -1.44. The maximum Gasteiger partial charge on any atom is 0.419 e. The van der Waals surface area contributed by atoms with Gasteiger partial charge >= 0.3 is 12.3 Å². The molecule has 0 saturated heterocycles. The van der Waals surface area contributed by atoms with Gasteiger partial charge in [0.05, 0.1) is 5.56 Å². The lowest BCUT2D eigenvalue weighted by atomic mass is 10.1. The number of halogens is 3. The third-order valence-corrected chi connectivity index (χ3v) is 4.13. The SMILES string of the molecule is C[C@@H](CCc1ncc(C(F)(F)F)cn1)N(CC1CC1)C(=O)OC(C)(C)C. The van der Waals surface area contributed by atoms with Crippen molar-refractivity contribution in [3.8, 4) is 0 Å². The number of aromatic nitrogens is 2. The zero-order valence-electron chi connectivity index (χ0n) is 15.6. The summed E-state index contributed by atoms with van der Waals surface area (Å²) in [6, 6.07) is -0.114. The van der Waals surface area contributed by atoms with Crippen LogP contribution in [0.2, 0.25) is 0 Å². The molecule has 1 saturated carbocycles. The molecule has 0 spiro atoms. The average Bonchev–Trinajstić information content (AvgIpc) is 3.32. The van der Waals surface area contributed by atoms with Gasteiger partial charge in [-0.05, 0) is 52.9 Å². The van der Waals surface area contributed by atoms with Crippen LogP contribution in [0.4, 0.5) is 18.0 Å². The van der Waals surface area contributed by atoms with Gasteiger partial charge in [-0.15, -0.1) is 0 Å². The Balaban J connectivity index is 1.95. The molecule has 0 unspecified atom stereocenters. The predicted molar refractivity (Wildman–Crippen MR) is 90.5 cm³/mol. The fraction of sp³-hybridized carbons (Fsp3) is 0.722. The molecule has 1 atom stereocenters. The number of carbonyl (C=O) groups is 1. The van der Waals surface area contributed by atoms with E-state index in [1.54, 1.807) is 4.90 Å². The quantitative estimate of drug-likeness (QED) is 0.739. The fourth-order valence-electron chi connectivity index (χ4n) is 2.46. The van der Waals surface area contributed by atoms with Gasteiger partial charge in [0.1, 0.15) is 11.4 Å². The third kappa shape index (κ3) is 6.46. The van der Waals surface area contributed by atoms with Gasteiger partial charge in [-0.1, -0.05) is 0 Å². The molecule has 146 valence electrons. The number of carbonyl (C=O) groups excluding carboxylic acids is 1. The largest absolute Gasteiger partial charge is 0.444 e. The summed E-state index contributed by atoms with van der Waals surface area (Å²) >= 11 is 0. The van der Waals surface area contributed by atoms with Gasteiger partial charge in [0.15, 0.2) is 0 Å². The lowest BCUT2D eigenvalue weighted by Crippen LogP contribution is -2.43. The molecule has 2 rings (SSSR count). The molecule has 8 heteroatoms. The van der Waals surface area contributed by atoms with E-state index in [4.69, 9.17) is 4.74 Å². The van der Waals surface area contributed by atoms with Crippen LogP contribution < -0.4 is 0 Å². The van der Waals surface area contributed by atoms with Crippen molar-refractivity contribution in [2.24, 2.45) is 5.92 Å². The number of aryl methyl sites for hydroxylation is 1. The van der Waals surface area contributed by atoms with Crippen molar-refractivity contribution in [3.05, 3.63) is 23.8 Å². The van der Waals surface area contributed by atoms with Crippen LogP contribution in [0.25, 0.3) is 0 Å². The minimum absolute atomic E-state index is 0.114. The number of rotatable bonds is 6. The smallest absolute Gasteiger partial charge is 0.419 e. The van der Waals surface area contributed by atoms with Crippen LogP contribution in [0, 0.1) is 5.92 Å². The second kappa shape index (κ2) is 7.80. The summed E-state index contributed by atoms with van der Waals surface area (Å²) in [5, 5.41) is 0. The first kappa shape index (κ1) is 20.5. The molecule has 0 N–H and O–H groups in total. The molecule has 1 heterocycles. The molecular weight excluding hydrogens is 347 g/mol. The highest BCUT2D eigenvalue weighted by atomic mass is 19.4. The Kier molecular flexibility index (Phi) is 6.13. The molecule has 0 aromatic carbocycles. The first-order valence-corrected chi connectivity index (χ1v) is 8.83. The van der Waals surface area contributed by atoms with Crippen molar-refractivity contribution in [3.63, 3.8) is 0 Å². The average molecular weight is 373 g/mol. The van der Waals surface area contributed by atoms with Crippen molar-refractivity contribution < 1.29 is 22.7 Å². The van der Waals surface area contributed by atoms with Gasteiger partial charge in [0, 0.05) is 31.4 Å². The van der Waals surface area contributed by atoms with Crippen LogP contribution in [0.1, 0.15) is 58.3 Å². The standard InChI is InChI=1S/C18H26F3N3O2/c1-12(5-8-15-22-9-14(10-23-15)18(19,20)21)24(11-13-6-7-13)16(25)26-17(2,3)4/h9-10,12-13H,5-8,11H2,1-4H3/t12-/m0/s1. The Morgan fingerprint density at radius 1 is 1.27 bits per heavy atom. The second-order valence-corrected chi connectivity index (χ2v) is 7.85.